The first-order valence-electron chi connectivity index (χ1n) is 3.68. The number of hydrogen-bond acceptors (Lipinski definition) is 3. The van der Waals surface area contributed by atoms with Crippen molar-refractivity contribution in [3.8, 4) is 0 Å². The fourth-order valence-corrected chi connectivity index (χ4v) is 1.54. The van der Waals surface area contributed by atoms with Gasteiger partial charge in [0, 0.05) is 13.1 Å². The highest BCUT2D eigenvalue weighted by Crippen LogP contribution is 2.16. The molecule has 68 valence electrons. The first-order chi connectivity index (χ1) is 6.20. The quantitative estimate of drug-likeness (QED) is 0.702. The summed E-state index contributed by atoms with van der Waals surface area (Å²) < 4.78 is 1.26. The minimum Gasteiger partial charge on any atom is -0.481 e. The lowest BCUT2D eigenvalue weighted by Crippen LogP contribution is -1.78. The molecule has 0 aliphatic rings. The van der Waals surface area contributed by atoms with Gasteiger partial charge >= 0.3 is 0 Å². The summed E-state index contributed by atoms with van der Waals surface area (Å²) in [5, 5.41) is 9.47. The molecule has 2 heterocycles. The Morgan fingerprint density at radius 3 is 2.85 bits per heavy atom. The second-order valence-electron chi connectivity index (χ2n) is 2.33. The van der Waals surface area contributed by atoms with Crippen molar-refractivity contribution in [2.45, 2.75) is 6.92 Å². The van der Waals surface area contributed by atoms with Crippen LogP contribution < -0.4 is 0 Å². The predicted molar refractivity (Wildman–Crippen MR) is 52.9 cm³/mol. The number of fused-ring (bicyclic) bond motifs is 1. The molecule has 0 radical (unpaired) electrons. The van der Waals surface area contributed by atoms with Crippen LogP contribution in [0.3, 0.4) is 0 Å². The van der Waals surface area contributed by atoms with Gasteiger partial charge in [0.1, 0.15) is 0 Å². The van der Waals surface area contributed by atoms with E-state index < -0.39 is 5.97 Å². The minimum absolute atomic E-state index is 0.833. The summed E-state index contributed by atoms with van der Waals surface area (Å²) in [5.74, 6) is -0.833. The van der Waals surface area contributed by atoms with Crippen molar-refractivity contribution in [2.75, 3.05) is 0 Å². The number of hydrogen-bond donors (Lipinski definition) is 1. The smallest absolute Gasteiger partial charge is 0.300 e. The van der Waals surface area contributed by atoms with Crippen LogP contribution >= 0.6 is 11.3 Å². The van der Waals surface area contributed by atoms with Crippen molar-refractivity contribution >= 4 is 27.5 Å². The van der Waals surface area contributed by atoms with Crippen LogP contribution in [-0.2, 0) is 4.79 Å². The van der Waals surface area contributed by atoms with Gasteiger partial charge in [-0.25, -0.2) is 0 Å². The fraction of sp³-hybridized carbons (Fsp3) is 0.111. The zero-order valence-electron chi connectivity index (χ0n) is 7.10. The number of aromatic nitrogens is 1. The third-order valence-corrected chi connectivity index (χ3v) is 2.09. The van der Waals surface area contributed by atoms with E-state index in [9.17, 15) is 0 Å². The van der Waals surface area contributed by atoms with Gasteiger partial charge in [0.15, 0.2) is 0 Å². The van der Waals surface area contributed by atoms with Crippen LogP contribution in [-0.4, -0.2) is 16.1 Å². The van der Waals surface area contributed by atoms with Crippen molar-refractivity contribution in [2.24, 2.45) is 0 Å². The Morgan fingerprint density at radius 2 is 2.23 bits per heavy atom. The normalized spacial score (nSPS) is 9.00. The SMILES string of the molecule is CC(=O)O.c1cnc2ccsc2c1. The van der Waals surface area contributed by atoms with Crippen LogP contribution in [0.25, 0.3) is 10.2 Å². The summed E-state index contributed by atoms with van der Waals surface area (Å²) >= 11 is 1.72. The predicted octanol–water partition coefficient (Wildman–Crippen LogP) is 2.39. The highest BCUT2D eigenvalue weighted by Gasteiger charge is 1.89. The Labute approximate surface area is 79.7 Å². The fourth-order valence-electron chi connectivity index (χ4n) is 0.799. The maximum absolute atomic E-state index is 9.00. The molecule has 0 bridgehead atoms. The number of thiophene rings is 1. The molecule has 0 saturated carbocycles. The molecular weight excluding hydrogens is 186 g/mol. The minimum atomic E-state index is -0.833. The summed E-state index contributed by atoms with van der Waals surface area (Å²) in [5.41, 5.74) is 1.10. The highest BCUT2D eigenvalue weighted by atomic mass is 32.1. The van der Waals surface area contributed by atoms with Gasteiger partial charge in [-0.1, -0.05) is 0 Å². The average molecular weight is 195 g/mol. The first kappa shape index (κ1) is 9.67. The van der Waals surface area contributed by atoms with E-state index in [1.807, 2.05) is 18.3 Å². The number of carboxylic acid groups (broad SMARTS) is 1. The van der Waals surface area contributed by atoms with E-state index in [0.717, 1.165) is 12.4 Å². The summed E-state index contributed by atoms with van der Waals surface area (Å²) in [6.07, 6.45) is 1.81. The average Bonchev–Trinajstić information content (AvgIpc) is 2.49. The Morgan fingerprint density at radius 1 is 1.54 bits per heavy atom. The van der Waals surface area contributed by atoms with E-state index in [-0.39, 0.29) is 0 Å². The number of pyridine rings is 1. The van der Waals surface area contributed by atoms with Gasteiger partial charge < -0.3 is 5.11 Å². The summed E-state index contributed by atoms with van der Waals surface area (Å²) in [4.78, 5) is 13.2. The van der Waals surface area contributed by atoms with E-state index >= 15 is 0 Å². The molecule has 0 aliphatic carbocycles. The van der Waals surface area contributed by atoms with Crippen LogP contribution in [0.5, 0.6) is 0 Å². The number of rotatable bonds is 0. The number of carbonyl (C=O) groups is 1. The monoisotopic (exact) mass is 195 g/mol. The zero-order valence-corrected chi connectivity index (χ0v) is 7.91. The Balaban J connectivity index is 0.000000184. The zero-order chi connectivity index (χ0) is 9.68. The van der Waals surface area contributed by atoms with Gasteiger partial charge in [0.2, 0.25) is 0 Å². The van der Waals surface area contributed by atoms with Crippen molar-refractivity contribution in [3.63, 3.8) is 0 Å². The first-order valence-corrected chi connectivity index (χ1v) is 4.56. The largest absolute Gasteiger partial charge is 0.481 e. The van der Waals surface area contributed by atoms with Crippen molar-refractivity contribution in [3.05, 3.63) is 29.8 Å². The third-order valence-electron chi connectivity index (χ3n) is 1.22. The van der Waals surface area contributed by atoms with Crippen molar-refractivity contribution in [1.29, 1.82) is 0 Å². The van der Waals surface area contributed by atoms with Gasteiger partial charge in [-0.05, 0) is 23.6 Å². The number of nitrogens with zero attached hydrogens (tertiary/aromatic N) is 1. The maximum Gasteiger partial charge on any atom is 0.300 e. The van der Waals surface area contributed by atoms with Gasteiger partial charge in [-0.2, -0.15) is 0 Å². The molecule has 0 spiro atoms. The summed E-state index contributed by atoms with van der Waals surface area (Å²) in [6, 6.07) is 6.06. The second kappa shape index (κ2) is 4.57. The molecular formula is C9H9NO2S. The molecule has 0 amide bonds. The molecule has 1 N–H and O–H groups in total. The van der Waals surface area contributed by atoms with Crippen LogP contribution in [0, 0.1) is 0 Å². The van der Waals surface area contributed by atoms with E-state index in [0.29, 0.717) is 0 Å². The number of carboxylic acids is 1. The lowest BCUT2D eigenvalue weighted by molar-refractivity contribution is -0.134. The van der Waals surface area contributed by atoms with Crippen LogP contribution in [0.2, 0.25) is 0 Å². The Hall–Kier alpha value is -1.42. The van der Waals surface area contributed by atoms with E-state index in [4.69, 9.17) is 9.90 Å². The molecule has 0 fully saturated rings. The summed E-state index contributed by atoms with van der Waals surface area (Å²) in [6.45, 7) is 1.08. The van der Waals surface area contributed by atoms with Gasteiger partial charge in [-0.3, -0.25) is 9.78 Å². The van der Waals surface area contributed by atoms with Crippen molar-refractivity contribution < 1.29 is 9.90 Å². The lowest BCUT2D eigenvalue weighted by atomic mass is 10.4. The Kier molecular flexibility index (Phi) is 3.40. The Bertz CT molecular complexity index is 363. The highest BCUT2D eigenvalue weighted by molar-refractivity contribution is 7.17. The molecule has 3 nitrogen and oxygen atoms in total. The molecule has 2 aromatic heterocycles. The third kappa shape index (κ3) is 3.21. The number of aliphatic carboxylic acids is 1. The van der Waals surface area contributed by atoms with Gasteiger partial charge in [0.25, 0.3) is 5.97 Å². The standard InChI is InChI=1S/C7H5NS.C2H4O2/c1-2-7-6(8-4-1)3-5-9-7;1-2(3)4/h1-5H;1H3,(H,3,4). The molecule has 13 heavy (non-hydrogen) atoms. The van der Waals surface area contributed by atoms with Gasteiger partial charge in [-0.15, -0.1) is 11.3 Å². The molecule has 2 aromatic rings. The lowest BCUT2D eigenvalue weighted by Gasteiger charge is -1.81. The van der Waals surface area contributed by atoms with Crippen LogP contribution in [0.4, 0.5) is 0 Å². The second-order valence-corrected chi connectivity index (χ2v) is 3.27. The van der Waals surface area contributed by atoms with Gasteiger partial charge in [0.05, 0.1) is 10.2 Å². The molecule has 0 saturated heterocycles. The van der Waals surface area contributed by atoms with Crippen LogP contribution in [0.1, 0.15) is 6.92 Å². The maximum atomic E-state index is 9.00. The molecule has 4 heteroatoms. The topological polar surface area (TPSA) is 50.2 Å². The molecule has 0 atom stereocenters. The molecule has 0 aliphatic heterocycles. The molecule has 0 aromatic carbocycles. The molecule has 0 unspecified atom stereocenters. The van der Waals surface area contributed by atoms with Crippen molar-refractivity contribution in [1.82, 2.24) is 4.98 Å². The van der Waals surface area contributed by atoms with E-state index in [1.165, 1.54) is 4.70 Å². The van der Waals surface area contributed by atoms with E-state index in [2.05, 4.69) is 16.4 Å². The van der Waals surface area contributed by atoms with E-state index in [1.54, 1.807) is 11.3 Å². The van der Waals surface area contributed by atoms with Crippen LogP contribution in [0.15, 0.2) is 29.8 Å². The molecule has 2 rings (SSSR count). The summed E-state index contributed by atoms with van der Waals surface area (Å²) in [7, 11) is 0.